The molecule has 0 N–H and O–H groups in total. The first-order valence-electron chi connectivity index (χ1n) is 4.54. The van der Waals surface area contributed by atoms with Gasteiger partial charge in [0, 0.05) is 0 Å². The molecule has 0 fully saturated rings. The average Bonchev–Trinajstić information content (AvgIpc) is 2.65. The van der Waals surface area contributed by atoms with Crippen LogP contribution < -0.4 is 0 Å². The van der Waals surface area contributed by atoms with Gasteiger partial charge in [0.05, 0.1) is 0 Å². The third-order valence-electron chi connectivity index (χ3n) is 2.58. The van der Waals surface area contributed by atoms with E-state index in [1.807, 2.05) is 0 Å². The van der Waals surface area contributed by atoms with Gasteiger partial charge in [-0.05, 0) is 34.4 Å². The number of benzene rings is 2. The van der Waals surface area contributed by atoms with Crippen molar-refractivity contribution in [2.75, 3.05) is 0 Å². The summed E-state index contributed by atoms with van der Waals surface area (Å²) in [7, 11) is 0. The monoisotopic (exact) mass is 173 g/mol. The molecule has 1 heteroatoms. The zero-order valence-corrected chi connectivity index (χ0v) is 7.25. The Labute approximate surface area is 95.8 Å². The van der Waals surface area contributed by atoms with Gasteiger partial charge in [-0.1, -0.05) is 42.5 Å². The normalized spacial score (nSPS) is 12.6. The molecule has 0 amide bonds. The fourth-order valence-corrected chi connectivity index (χ4v) is 1.92. The summed E-state index contributed by atoms with van der Waals surface area (Å²) in [6, 6.07) is 12.9. The van der Waals surface area contributed by atoms with Crippen LogP contribution in [0.3, 0.4) is 0 Å². The molecule has 14 heavy (non-hydrogen) atoms. The molecule has 0 nitrogen and oxygen atoms in total. The van der Waals surface area contributed by atoms with Gasteiger partial charge in [0.1, 0.15) is 0 Å². The van der Waals surface area contributed by atoms with E-state index in [4.69, 9.17) is 0 Å². The summed E-state index contributed by atoms with van der Waals surface area (Å²) in [5, 5.41) is 2.64. The van der Waals surface area contributed by atoms with Crippen molar-refractivity contribution in [1.29, 1.82) is 0 Å². The summed E-state index contributed by atoms with van der Waals surface area (Å²) >= 11 is 0. The molecule has 0 saturated carbocycles. The fourth-order valence-electron chi connectivity index (χ4n) is 1.92. The van der Waals surface area contributed by atoms with Crippen LogP contribution in [-0.2, 0) is 6.42 Å². The Kier molecular flexibility index (Phi) is 2.50. The van der Waals surface area contributed by atoms with E-state index < -0.39 is 0 Å². The van der Waals surface area contributed by atoms with Gasteiger partial charge in [0.25, 0.3) is 0 Å². The van der Waals surface area contributed by atoms with E-state index in [1.165, 1.54) is 21.9 Å². The van der Waals surface area contributed by atoms with Crippen molar-refractivity contribution >= 4 is 29.6 Å². The van der Waals surface area contributed by atoms with Crippen LogP contribution in [0.5, 0.6) is 0 Å². The molecule has 1 aliphatic carbocycles. The van der Waals surface area contributed by atoms with Crippen LogP contribution in [0.2, 0.25) is 0 Å². The summed E-state index contributed by atoms with van der Waals surface area (Å²) in [5.41, 5.74) is 2.69. The van der Waals surface area contributed by atoms with Crippen molar-refractivity contribution in [3.8, 4) is 0 Å². The van der Waals surface area contributed by atoms with Crippen LogP contribution >= 0.6 is 0 Å². The van der Waals surface area contributed by atoms with E-state index in [0.29, 0.717) is 0 Å². The van der Waals surface area contributed by atoms with Gasteiger partial charge >= 0.3 is 18.9 Å². The third-order valence-corrected chi connectivity index (χ3v) is 2.58. The van der Waals surface area contributed by atoms with Crippen molar-refractivity contribution < 1.29 is 0 Å². The number of hydrogen-bond donors (Lipinski definition) is 0. The van der Waals surface area contributed by atoms with Crippen LogP contribution in [0.25, 0.3) is 10.8 Å². The SMILES string of the molecule is [C]1=CCc2ccc3ccccc3c21.[LiH]. The molecule has 2 aromatic carbocycles. The fraction of sp³-hybridized carbons (Fsp3) is 0.0769. The van der Waals surface area contributed by atoms with Crippen LogP contribution in [0.1, 0.15) is 11.1 Å². The standard InChI is InChI=1S/C13H9.Li.H/c1-2-6-12-10(4-1)8-9-11-5-3-7-13(11)12;;/h1-4,6,8-9H,5H2;;. The molecule has 0 aliphatic heterocycles. The van der Waals surface area contributed by atoms with Crippen LogP contribution in [0.4, 0.5) is 0 Å². The predicted octanol–water partition coefficient (Wildman–Crippen LogP) is 2.45. The minimum atomic E-state index is 0. The summed E-state index contributed by atoms with van der Waals surface area (Å²) in [4.78, 5) is 0. The zero-order chi connectivity index (χ0) is 8.67. The zero-order valence-electron chi connectivity index (χ0n) is 7.25. The molecule has 0 saturated heterocycles. The Morgan fingerprint density at radius 1 is 1.00 bits per heavy atom. The maximum atomic E-state index is 3.32. The number of rotatable bonds is 0. The first-order chi connectivity index (χ1) is 6.45. The predicted molar refractivity (Wildman–Crippen MR) is 61.7 cm³/mol. The van der Waals surface area contributed by atoms with Crippen LogP contribution in [0.15, 0.2) is 42.5 Å². The van der Waals surface area contributed by atoms with Gasteiger partial charge in [-0.15, -0.1) is 0 Å². The number of hydrogen-bond acceptors (Lipinski definition) is 0. The van der Waals surface area contributed by atoms with Crippen molar-refractivity contribution in [2.24, 2.45) is 0 Å². The van der Waals surface area contributed by atoms with Gasteiger partial charge < -0.3 is 0 Å². The second-order valence-electron chi connectivity index (χ2n) is 3.37. The second-order valence-corrected chi connectivity index (χ2v) is 3.37. The molecule has 0 spiro atoms. The average molecular weight is 173 g/mol. The summed E-state index contributed by atoms with van der Waals surface area (Å²) in [5.74, 6) is 0. The Morgan fingerprint density at radius 3 is 2.79 bits per heavy atom. The van der Waals surface area contributed by atoms with Crippen LogP contribution in [0, 0.1) is 6.08 Å². The first-order valence-corrected chi connectivity index (χ1v) is 4.54. The van der Waals surface area contributed by atoms with E-state index in [-0.39, 0.29) is 18.9 Å². The first kappa shape index (κ1) is 9.59. The van der Waals surface area contributed by atoms with E-state index in [9.17, 15) is 0 Å². The Morgan fingerprint density at radius 2 is 1.86 bits per heavy atom. The molecule has 1 aliphatic rings. The Hall–Kier alpha value is -0.963. The maximum absolute atomic E-state index is 3.32. The van der Waals surface area contributed by atoms with Crippen molar-refractivity contribution in [3.63, 3.8) is 0 Å². The van der Waals surface area contributed by atoms with Gasteiger partial charge in [-0.2, -0.15) is 0 Å². The molecule has 0 bridgehead atoms. The van der Waals surface area contributed by atoms with E-state index >= 15 is 0 Å². The molecule has 0 aromatic heterocycles. The van der Waals surface area contributed by atoms with Gasteiger partial charge in [0.2, 0.25) is 0 Å². The van der Waals surface area contributed by atoms with E-state index in [0.717, 1.165) is 6.42 Å². The van der Waals surface area contributed by atoms with Crippen molar-refractivity contribution in [1.82, 2.24) is 0 Å². The van der Waals surface area contributed by atoms with Crippen molar-refractivity contribution in [2.45, 2.75) is 6.42 Å². The van der Waals surface area contributed by atoms with E-state index in [2.05, 4.69) is 48.6 Å². The molecular weight excluding hydrogens is 163 g/mol. The molecule has 2 aromatic rings. The molecule has 0 atom stereocenters. The topological polar surface area (TPSA) is 0 Å². The molecule has 3 rings (SSSR count). The Balaban J connectivity index is 0.000000750. The van der Waals surface area contributed by atoms with Crippen LogP contribution in [-0.4, -0.2) is 18.9 Å². The summed E-state index contributed by atoms with van der Waals surface area (Å²) in [6.07, 6.45) is 6.47. The van der Waals surface area contributed by atoms with Gasteiger partial charge in [-0.25, -0.2) is 0 Å². The molecular formula is C13H10Li. The number of fused-ring (bicyclic) bond motifs is 3. The minimum absolute atomic E-state index is 0. The second kappa shape index (κ2) is 3.65. The molecule has 0 heterocycles. The van der Waals surface area contributed by atoms with Crippen molar-refractivity contribution in [3.05, 3.63) is 59.7 Å². The quantitative estimate of drug-likeness (QED) is 0.537. The van der Waals surface area contributed by atoms with Gasteiger partial charge in [-0.3, -0.25) is 0 Å². The Bertz CT molecular complexity index is 498. The molecule has 1 radical (unpaired) electrons. The third kappa shape index (κ3) is 1.32. The van der Waals surface area contributed by atoms with Gasteiger partial charge in [0.15, 0.2) is 0 Å². The number of allylic oxidation sites excluding steroid dienone is 1. The summed E-state index contributed by atoms with van der Waals surface area (Å²) in [6.45, 7) is 0. The summed E-state index contributed by atoms with van der Waals surface area (Å²) < 4.78 is 0. The molecule has 0 unspecified atom stereocenters. The molecule has 63 valence electrons. The van der Waals surface area contributed by atoms with E-state index in [1.54, 1.807) is 0 Å².